The molecule has 2 rings (SSSR count). The number of hydrogen-bond donors (Lipinski definition) is 1. The van der Waals surface area contributed by atoms with E-state index in [1.165, 1.54) is 64.2 Å². The van der Waals surface area contributed by atoms with Crippen molar-refractivity contribution >= 4 is 5.84 Å². The van der Waals surface area contributed by atoms with Gasteiger partial charge in [-0.2, -0.15) is 0 Å². The maximum Gasteiger partial charge on any atom is 0.107 e. The second-order valence-corrected chi connectivity index (χ2v) is 6.35. The lowest BCUT2D eigenvalue weighted by Crippen LogP contribution is -2.21. The summed E-state index contributed by atoms with van der Waals surface area (Å²) in [6, 6.07) is 12.1. The summed E-state index contributed by atoms with van der Waals surface area (Å²) in [7, 11) is 0. The fraction of sp³-hybridized carbons (Fsp3) is 0.550. The number of aromatic nitrogens is 1. The van der Waals surface area contributed by atoms with E-state index in [1.807, 2.05) is 53.4 Å². The largest absolute Gasteiger partial charge is 0.312 e. The highest BCUT2D eigenvalue weighted by Gasteiger charge is 2.15. The van der Waals surface area contributed by atoms with Crippen molar-refractivity contribution in [1.29, 1.82) is 5.41 Å². The van der Waals surface area contributed by atoms with E-state index in [9.17, 15) is 0 Å². The van der Waals surface area contributed by atoms with Crippen LogP contribution in [0.15, 0.2) is 48.8 Å². The van der Waals surface area contributed by atoms with E-state index in [4.69, 9.17) is 5.41 Å². The smallest absolute Gasteiger partial charge is 0.107 e. The first-order valence-electron chi connectivity index (χ1n) is 8.93. The maximum atomic E-state index is 8.64. The van der Waals surface area contributed by atoms with Crippen molar-refractivity contribution in [3.63, 3.8) is 0 Å². The summed E-state index contributed by atoms with van der Waals surface area (Å²) >= 11 is 0. The van der Waals surface area contributed by atoms with Gasteiger partial charge in [-0.05, 0) is 25.0 Å². The van der Waals surface area contributed by atoms with Gasteiger partial charge in [-0.15, -0.1) is 0 Å². The molecule has 0 unspecified atom stereocenters. The van der Waals surface area contributed by atoms with Crippen LogP contribution in [0.5, 0.6) is 0 Å². The fourth-order valence-corrected chi connectivity index (χ4v) is 3.22. The van der Waals surface area contributed by atoms with Crippen molar-refractivity contribution < 1.29 is 0 Å². The van der Waals surface area contributed by atoms with Gasteiger partial charge in [0.25, 0.3) is 0 Å². The highest BCUT2D eigenvalue weighted by Crippen LogP contribution is 2.22. The Morgan fingerprint density at radius 3 is 1.55 bits per heavy atom. The molecule has 0 atom stereocenters. The minimum Gasteiger partial charge on any atom is -0.312 e. The van der Waals surface area contributed by atoms with Gasteiger partial charge in [0.1, 0.15) is 5.84 Å². The molecule has 1 aliphatic rings. The minimum atomic E-state index is 0.404. The van der Waals surface area contributed by atoms with Crippen LogP contribution in [0.4, 0.5) is 0 Å². The molecule has 1 saturated carbocycles. The lowest BCUT2D eigenvalue weighted by molar-refractivity contribution is 0.501. The predicted molar refractivity (Wildman–Crippen MR) is 94.8 cm³/mol. The molecule has 0 saturated heterocycles. The molecule has 0 radical (unpaired) electrons. The highest BCUT2D eigenvalue weighted by molar-refractivity contribution is 5.83. The number of hydrogen-bond acceptors (Lipinski definition) is 1. The van der Waals surface area contributed by atoms with E-state index in [2.05, 4.69) is 0 Å². The second kappa shape index (κ2) is 10.2. The van der Waals surface area contributed by atoms with E-state index >= 15 is 0 Å². The van der Waals surface area contributed by atoms with E-state index in [-0.39, 0.29) is 0 Å². The van der Waals surface area contributed by atoms with E-state index in [0.717, 1.165) is 5.84 Å². The number of nitrogens with one attached hydrogen (secondary N) is 1. The van der Waals surface area contributed by atoms with E-state index in [0.29, 0.717) is 5.92 Å². The lowest BCUT2D eigenvalue weighted by atomic mass is 9.94. The fourth-order valence-electron chi connectivity index (χ4n) is 3.22. The third-order valence-electron chi connectivity index (χ3n) is 4.57. The molecule has 1 aliphatic carbocycles. The van der Waals surface area contributed by atoms with Crippen molar-refractivity contribution in [2.24, 2.45) is 5.92 Å². The number of rotatable bonds is 1. The van der Waals surface area contributed by atoms with Crippen LogP contribution in [-0.2, 0) is 0 Å². The van der Waals surface area contributed by atoms with Crippen molar-refractivity contribution in [1.82, 2.24) is 4.57 Å². The molecule has 0 amide bonds. The Morgan fingerprint density at radius 2 is 1.05 bits per heavy atom. The van der Waals surface area contributed by atoms with Crippen LogP contribution < -0.4 is 0 Å². The van der Waals surface area contributed by atoms with Crippen LogP contribution in [0, 0.1) is 11.3 Å². The Balaban J connectivity index is 2.09. The first-order valence-corrected chi connectivity index (χ1v) is 8.93. The maximum absolute atomic E-state index is 8.64. The summed E-state index contributed by atoms with van der Waals surface area (Å²) in [6.45, 7) is 0. The predicted octanol–water partition coefficient (Wildman–Crippen LogP) is 5.97. The van der Waals surface area contributed by atoms with Crippen LogP contribution >= 0.6 is 0 Å². The SMILES string of the molecule is N=C(C1CCCCCCCCCC1)n1cccccccc1. The van der Waals surface area contributed by atoms with Crippen LogP contribution in [0.1, 0.15) is 64.2 Å². The summed E-state index contributed by atoms with van der Waals surface area (Å²) in [4.78, 5) is 0. The molecule has 1 N–H and O–H groups in total. The van der Waals surface area contributed by atoms with E-state index < -0.39 is 0 Å². The topological polar surface area (TPSA) is 28.8 Å². The van der Waals surface area contributed by atoms with E-state index in [1.54, 1.807) is 0 Å². The van der Waals surface area contributed by atoms with Gasteiger partial charge in [-0.1, -0.05) is 75.6 Å². The normalized spacial score (nSPS) is 18.0. The molecule has 22 heavy (non-hydrogen) atoms. The van der Waals surface area contributed by atoms with Gasteiger partial charge in [0.15, 0.2) is 0 Å². The van der Waals surface area contributed by atoms with Crippen LogP contribution in [0.2, 0.25) is 0 Å². The molecule has 1 heterocycles. The average Bonchev–Trinajstić information content (AvgIpc) is 2.62. The molecule has 0 spiro atoms. The summed E-state index contributed by atoms with van der Waals surface area (Å²) in [5, 5.41) is 8.64. The van der Waals surface area contributed by atoms with Gasteiger partial charge in [-0.25, -0.2) is 0 Å². The molecule has 1 aromatic heterocycles. The van der Waals surface area contributed by atoms with Crippen molar-refractivity contribution in [2.75, 3.05) is 0 Å². The Bertz CT molecular complexity index is 452. The van der Waals surface area contributed by atoms with Gasteiger partial charge >= 0.3 is 0 Å². The highest BCUT2D eigenvalue weighted by atomic mass is 15.0. The molecule has 2 nitrogen and oxygen atoms in total. The van der Waals surface area contributed by atoms with Gasteiger partial charge < -0.3 is 4.57 Å². The first kappa shape index (κ1) is 16.8. The van der Waals surface area contributed by atoms with Crippen LogP contribution in [0.3, 0.4) is 0 Å². The third-order valence-corrected chi connectivity index (χ3v) is 4.57. The number of nitrogens with zero attached hydrogens (tertiary/aromatic N) is 1. The standard InChI is InChI=1S/C20H30N2/c21-20(22-17-13-9-5-6-10-14-18-22)19-15-11-7-3-1-2-4-8-12-16-19/h5-6,9-10,13-14,17-19,21H,1-4,7-8,11-12,15-16H2. The average molecular weight is 298 g/mol. The van der Waals surface area contributed by atoms with Gasteiger partial charge in [0, 0.05) is 18.3 Å². The summed E-state index contributed by atoms with van der Waals surface area (Å²) in [5.74, 6) is 1.16. The molecule has 0 aliphatic heterocycles. The van der Waals surface area contributed by atoms with Crippen molar-refractivity contribution in [3.8, 4) is 0 Å². The molecule has 2 heteroatoms. The summed E-state index contributed by atoms with van der Waals surface area (Å²) < 4.78 is 1.99. The molecule has 120 valence electrons. The Hall–Kier alpha value is -1.57. The van der Waals surface area contributed by atoms with Gasteiger partial charge in [0.2, 0.25) is 0 Å². The third kappa shape index (κ3) is 6.05. The van der Waals surface area contributed by atoms with Crippen LogP contribution in [-0.4, -0.2) is 10.4 Å². The summed E-state index contributed by atoms with van der Waals surface area (Å²) in [6.07, 6.45) is 17.1. The van der Waals surface area contributed by atoms with Gasteiger partial charge in [-0.3, -0.25) is 5.41 Å². The zero-order valence-electron chi connectivity index (χ0n) is 13.7. The Kier molecular flexibility index (Phi) is 7.79. The van der Waals surface area contributed by atoms with Crippen molar-refractivity contribution in [2.45, 2.75) is 64.2 Å². The van der Waals surface area contributed by atoms with Crippen LogP contribution in [0.25, 0.3) is 0 Å². The first-order chi connectivity index (χ1) is 10.9. The quantitative estimate of drug-likeness (QED) is 0.489. The molecule has 1 fully saturated rings. The zero-order valence-corrected chi connectivity index (χ0v) is 13.7. The molecular formula is C20H30N2. The molecule has 1 aromatic rings. The van der Waals surface area contributed by atoms with Gasteiger partial charge in [0.05, 0.1) is 0 Å². The zero-order chi connectivity index (χ0) is 15.5. The second-order valence-electron chi connectivity index (χ2n) is 6.35. The van der Waals surface area contributed by atoms with Crippen molar-refractivity contribution in [3.05, 3.63) is 48.8 Å². The minimum absolute atomic E-state index is 0.404. The lowest BCUT2D eigenvalue weighted by Gasteiger charge is -2.19. The molecule has 0 aromatic carbocycles. The summed E-state index contributed by atoms with van der Waals surface area (Å²) in [5.41, 5.74) is 0. The Labute approximate surface area is 135 Å². The Morgan fingerprint density at radius 1 is 0.636 bits per heavy atom. The monoisotopic (exact) mass is 298 g/mol. The molecular weight excluding hydrogens is 268 g/mol. The molecule has 0 bridgehead atoms.